The molecule has 3 nitrogen and oxygen atoms in total. The predicted molar refractivity (Wildman–Crippen MR) is 73.3 cm³/mol. The van der Waals surface area contributed by atoms with Crippen molar-refractivity contribution in [2.75, 3.05) is 19.6 Å². The molecule has 0 bridgehead atoms. The summed E-state index contributed by atoms with van der Waals surface area (Å²) in [5, 5.41) is 3.54. The second-order valence-corrected chi connectivity index (χ2v) is 5.76. The highest BCUT2D eigenvalue weighted by molar-refractivity contribution is 5.11. The zero-order valence-corrected chi connectivity index (χ0v) is 11.4. The number of pyridine rings is 1. The Labute approximate surface area is 110 Å². The van der Waals surface area contributed by atoms with Crippen LogP contribution in [0.2, 0.25) is 0 Å². The number of hydrogen-bond donors (Lipinski definition) is 1. The second kappa shape index (κ2) is 4.98. The molecule has 1 aromatic heterocycles. The Morgan fingerprint density at radius 2 is 2.28 bits per heavy atom. The molecule has 1 N–H and O–H groups in total. The molecule has 0 radical (unpaired) electrons. The van der Waals surface area contributed by atoms with Gasteiger partial charge in [0.05, 0.1) is 5.69 Å². The highest BCUT2D eigenvalue weighted by Crippen LogP contribution is 2.34. The van der Waals surface area contributed by atoms with Crippen molar-refractivity contribution in [2.24, 2.45) is 11.8 Å². The highest BCUT2D eigenvalue weighted by Gasteiger charge is 2.42. The van der Waals surface area contributed by atoms with Crippen molar-refractivity contribution in [1.29, 1.82) is 0 Å². The summed E-state index contributed by atoms with van der Waals surface area (Å²) >= 11 is 0. The minimum atomic E-state index is 0.743. The highest BCUT2D eigenvalue weighted by atomic mass is 15.2. The van der Waals surface area contributed by atoms with E-state index < -0.39 is 0 Å². The maximum atomic E-state index is 4.64. The van der Waals surface area contributed by atoms with Gasteiger partial charge in [-0.05, 0) is 50.4 Å². The van der Waals surface area contributed by atoms with Crippen LogP contribution in [0.25, 0.3) is 0 Å². The van der Waals surface area contributed by atoms with Crippen LogP contribution in [0.5, 0.6) is 0 Å². The van der Waals surface area contributed by atoms with Gasteiger partial charge in [0, 0.05) is 24.8 Å². The smallest absolute Gasteiger partial charge is 0.0547 e. The average Bonchev–Trinajstić information content (AvgIpc) is 2.89. The van der Waals surface area contributed by atoms with Crippen molar-refractivity contribution >= 4 is 0 Å². The molecule has 18 heavy (non-hydrogen) atoms. The summed E-state index contributed by atoms with van der Waals surface area (Å²) in [6.07, 6.45) is 1.26. The third-order valence-electron chi connectivity index (χ3n) is 4.55. The average molecular weight is 245 g/mol. The van der Waals surface area contributed by atoms with Crippen LogP contribution < -0.4 is 5.32 Å². The summed E-state index contributed by atoms with van der Waals surface area (Å²) < 4.78 is 0. The molecule has 1 aromatic rings. The summed E-state index contributed by atoms with van der Waals surface area (Å²) in [6.45, 7) is 9.07. The Hall–Kier alpha value is -0.930. The number of nitrogens with one attached hydrogen (secondary N) is 1. The van der Waals surface area contributed by atoms with E-state index in [0.717, 1.165) is 30.1 Å². The van der Waals surface area contributed by atoms with Crippen LogP contribution in [0, 0.1) is 18.8 Å². The lowest BCUT2D eigenvalue weighted by Gasteiger charge is -2.26. The molecule has 0 saturated carbocycles. The first-order valence-electron chi connectivity index (χ1n) is 7.15. The van der Waals surface area contributed by atoms with Crippen LogP contribution in [0.4, 0.5) is 0 Å². The lowest BCUT2D eigenvalue weighted by Crippen LogP contribution is -2.34. The molecule has 0 spiro atoms. The first-order valence-corrected chi connectivity index (χ1v) is 7.15. The minimum absolute atomic E-state index is 0.743. The fraction of sp³-hybridized carbons (Fsp3) is 0.667. The molecule has 3 atom stereocenters. The number of aromatic nitrogens is 1. The zero-order chi connectivity index (χ0) is 12.5. The van der Waals surface area contributed by atoms with Gasteiger partial charge in [0.25, 0.3) is 0 Å². The van der Waals surface area contributed by atoms with Gasteiger partial charge in [-0.3, -0.25) is 9.88 Å². The molecule has 2 fully saturated rings. The SMILES string of the molecule is CCC1C2CNCC2CN1Cc1cccc(C)n1. The Kier molecular flexibility index (Phi) is 3.35. The quantitative estimate of drug-likeness (QED) is 0.880. The van der Waals surface area contributed by atoms with Gasteiger partial charge in [-0.25, -0.2) is 0 Å². The molecule has 2 saturated heterocycles. The van der Waals surface area contributed by atoms with Crippen molar-refractivity contribution < 1.29 is 0 Å². The summed E-state index contributed by atoms with van der Waals surface area (Å²) in [4.78, 5) is 7.29. The topological polar surface area (TPSA) is 28.2 Å². The van der Waals surface area contributed by atoms with Crippen LogP contribution in [-0.4, -0.2) is 35.6 Å². The molecule has 0 amide bonds. The molecule has 2 aliphatic rings. The Morgan fingerprint density at radius 1 is 1.39 bits per heavy atom. The van der Waals surface area contributed by atoms with Gasteiger partial charge < -0.3 is 5.32 Å². The molecular weight excluding hydrogens is 222 g/mol. The van der Waals surface area contributed by atoms with E-state index in [1.807, 2.05) is 0 Å². The molecule has 0 aliphatic carbocycles. The number of rotatable bonds is 3. The normalized spacial score (nSPS) is 31.8. The lowest BCUT2D eigenvalue weighted by atomic mass is 9.93. The maximum absolute atomic E-state index is 4.64. The Morgan fingerprint density at radius 3 is 3.06 bits per heavy atom. The van der Waals surface area contributed by atoms with Crippen LogP contribution in [0.3, 0.4) is 0 Å². The maximum Gasteiger partial charge on any atom is 0.0547 e. The van der Waals surface area contributed by atoms with E-state index in [0.29, 0.717) is 0 Å². The zero-order valence-electron chi connectivity index (χ0n) is 11.4. The van der Waals surface area contributed by atoms with Crippen molar-refractivity contribution in [3.63, 3.8) is 0 Å². The largest absolute Gasteiger partial charge is 0.316 e. The van der Waals surface area contributed by atoms with E-state index in [9.17, 15) is 0 Å². The second-order valence-electron chi connectivity index (χ2n) is 5.76. The summed E-state index contributed by atoms with van der Waals surface area (Å²) in [5.41, 5.74) is 2.35. The van der Waals surface area contributed by atoms with Crippen LogP contribution in [0.1, 0.15) is 24.7 Å². The molecule has 3 rings (SSSR count). The third kappa shape index (κ3) is 2.17. The van der Waals surface area contributed by atoms with Gasteiger partial charge >= 0.3 is 0 Å². The molecular formula is C15H23N3. The van der Waals surface area contributed by atoms with Crippen LogP contribution in [0.15, 0.2) is 18.2 Å². The summed E-state index contributed by atoms with van der Waals surface area (Å²) in [7, 11) is 0. The van der Waals surface area contributed by atoms with Crippen LogP contribution >= 0.6 is 0 Å². The number of likely N-dealkylation sites (tertiary alicyclic amines) is 1. The van der Waals surface area contributed by atoms with E-state index in [1.54, 1.807) is 0 Å². The molecule has 3 heteroatoms. The number of hydrogen-bond acceptors (Lipinski definition) is 3. The number of nitrogens with zero attached hydrogens (tertiary/aromatic N) is 2. The predicted octanol–water partition coefficient (Wildman–Crippen LogP) is 1.82. The van der Waals surface area contributed by atoms with Gasteiger partial charge in [0.15, 0.2) is 0 Å². The van der Waals surface area contributed by atoms with E-state index in [1.165, 1.54) is 31.7 Å². The van der Waals surface area contributed by atoms with Crippen molar-refractivity contribution in [1.82, 2.24) is 15.2 Å². The van der Waals surface area contributed by atoms with E-state index in [2.05, 4.69) is 47.2 Å². The number of fused-ring (bicyclic) bond motifs is 1. The van der Waals surface area contributed by atoms with Gasteiger partial charge in [-0.15, -0.1) is 0 Å². The molecule has 2 aliphatic heterocycles. The summed E-state index contributed by atoms with van der Waals surface area (Å²) in [5.74, 6) is 1.72. The van der Waals surface area contributed by atoms with Gasteiger partial charge in [0.2, 0.25) is 0 Å². The first-order chi connectivity index (χ1) is 8.78. The Balaban J connectivity index is 1.73. The monoisotopic (exact) mass is 245 g/mol. The van der Waals surface area contributed by atoms with Crippen LogP contribution in [-0.2, 0) is 6.54 Å². The van der Waals surface area contributed by atoms with Gasteiger partial charge in [-0.1, -0.05) is 13.0 Å². The standard InChI is InChI=1S/C15H23N3/c1-3-15-14-8-16-7-12(14)9-18(15)10-13-6-4-5-11(2)17-13/h4-6,12,14-16H,3,7-10H2,1-2H3. The molecule has 3 heterocycles. The van der Waals surface area contributed by atoms with Crippen molar-refractivity contribution in [3.8, 4) is 0 Å². The van der Waals surface area contributed by atoms with Crippen molar-refractivity contribution in [3.05, 3.63) is 29.6 Å². The molecule has 98 valence electrons. The van der Waals surface area contributed by atoms with E-state index >= 15 is 0 Å². The Bertz CT molecular complexity index is 418. The number of aryl methyl sites for hydroxylation is 1. The fourth-order valence-electron chi connectivity index (χ4n) is 3.75. The first kappa shape index (κ1) is 12.1. The lowest BCUT2D eigenvalue weighted by molar-refractivity contribution is 0.208. The van der Waals surface area contributed by atoms with E-state index in [4.69, 9.17) is 0 Å². The fourth-order valence-corrected chi connectivity index (χ4v) is 3.75. The minimum Gasteiger partial charge on any atom is -0.316 e. The van der Waals surface area contributed by atoms with Gasteiger partial charge in [-0.2, -0.15) is 0 Å². The van der Waals surface area contributed by atoms with Crippen molar-refractivity contribution in [2.45, 2.75) is 32.9 Å². The summed E-state index contributed by atoms with van der Waals surface area (Å²) in [6, 6.07) is 7.10. The molecule has 3 unspecified atom stereocenters. The molecule has 0 aromatic carbocycles. The third-order valence-corrected chi connectivity index (χ3v) is 4.55. The van der Waals surface area contributed by atoms with Gasteiger partial charge in [0.1, 0.15) is 0 Å². The van der Waals surface area contributed by atoms with E-state index in [-0.39, 0.29) is 0 Å².